The first kappa shape index (κ1) is 34.0. The summed E-state index contributed by atoms with van der Waals surface area (Å²) in [5.41, 5.74) is 1.88. The Kier molecular flexibility index (Phi) is 8.20. The van der Waals surface area contributed by atoms with E-state index in [9.17, 15) is 19.5 Å². The van der Waals surface area contributed by atoms with Crippen LogP contribution in [0, 0.1) is 50.2 Å². The molecule has 5 aliphatic carbocycles. The maximum atomic E-state index is 13.1. The Morgan fingerprint density at radius 3 is 2.19 bits per heavy atom. The number of fused-ring (bicyclic) bond motifs is 7. The highest BCUT2D eigenvalue weighted by Gasteiger charge is 2.69. The summed E-state index contributed by atoms with van der Waals surface area (Å²) in [6, 6.07) is 7.04. The fourth-order valence-electron chi connectivity index (χ4n) is 12.0. The molecule has 0 bridgehead atoms. The topological polar surface area (TPSA) is 89.9 Å². The van der Waals surface area contributed by atoms with Crippen LogP contribution in [0.4, 0.5) is 0 Å². The molecule has 1 aromatic rings. The molecule has 4 saturated carbocycles. The van der Waals surface area contributed by atoms with Crippen LogP contribution in [0.3, 0.4) is 0 Å². The molecule has 47 heavy (non-hydrogen) atoms. The van der Waals surface area contributed by atoms with E-state index in [0.29, 0.717) is 17.6 Å². The molecule has 0 aromatic heterocycles. The van der Waals surface area contributed by atoms with Gasteiger partial charge in [0, 0.05) is 18.4 Å². The second kappa shape index (κ2) is 11.3. The predicted molar refractivity (Wildman–Crippen MR) is 183 cm³/mol. The number of hydrogen-bond donors (Lipinski definition) is 1. The van der Waals surface area contributed by atoms with E-state index in [1.807, 2.05) is 12.1 Å². The Bertz CT molecular complexity index is 1500. The van der Waals surface area contributed by atoms with E-state index in [1.165, 1.54) is 18.6 Å². The molecule has 0 heterocycles. The molecule has 0 saturated heterocycles. The predicted octanol–water partition coefficient (Wildman–Crippen LogP) is 9.42. The average molecular weight is 645 g/mol. The first-order valence-electron chi connectivity index (χ1n) is 18.0. The molecule has 0 unspecified atom stereocenters. The molecule has 0 amide bonds. The van der Waals surface area contributed by atoms with Crippen molar-refractivity contribution in [2.75, 3.05) is 0 Å². The van der Waals surface area contributed by atoms with Crippen LogP contribution in [-0.2, 0) is 19.1 Å². The van der Waals surface area contributed by atoms with Crippen LogP contribution >= 0.6 is 0 Å². The van der Waals surface area contributed by atoms with Gasteiger partial charge in [-0.15, -0.1) is 0 Å². The molecule has 6 rings (SSSR count). The summed E-state index contributed by atoms with van der Waals surface area (Å²) in [6.45, 7) is 18.2. The maximum Gasteiger partial charge on any atom is 0.331 e. The van der Waals surface area contributed by atoms with Crippen LogP contribution < -0.4 is 4.74 Å². The third-order valence-electron chi connectivity index (χ3n) is 14.8. The second-order valence-corrected chi connectivity index (χ2v) is 18.0. The average Bonchev–Trinajstić information content (AvgIpc) is 2.98. The second-order valence-electron chi connectivity index (χ2n) is 18.0. The van der Waals surface area contributed by atoms with Crippen molar-refractivity contribution in [1.29, 1.82) is 0 Å². The van der Waals surface area contributed by atoms with Gasteiger partial charge in [0.15, 0.2) is 0 Å². The first-order chi connectivity index (χ1) is 21.9. The van der Waals surface area contributed by atoms with Crippen LogP contribution in [0.25, 0.3) is 6.08 Å². The normalized spacial score (nSPS) is 40.1. The molecule has 0 spiro atoms. The summed E-state index contributed by atoms with van der Waals surface area (Å²) in [5, 5.41) is 10.7. The first-order valence-corrected chi connectivity index (χ1v) is 18.0. The number of carboxylic acids is 1. The van der Waals surface area contributed by atoms with Gasteiger partial charge < -0.3 is 14.6 Å². The van der Waals surface area contributed by atoms with Crippen molar-refractivity contribution in [1.82, 2.24) is 0 Å². The lowest BCUT2D eigenvalue weighted by molar-refractivity contribution is -0.212. The fraction of sp³-hybridized carbons (Fsp3) is 0.683. The summed E-state index contributed by atoms with van der Waals surface area (Å²) in [6.07, 6.45) is 15.2. The lowest BCUT2D eigenvalue weighted by Gasteiger charge is -2.71. The molecule has 6 heteroatoms. The Balaban J connectivity index is 1.22. The molecule has 6 nitrogen and oxygen atoms in total. The van der Waals surface area contributed by atoms with Crippen molar-refractivity contribution in [2.24, 2.45) is 50.2 Å². The van der Waals surface area contributed by atoms with Crippen LogP contribution in [0.5, 0.6) is 5.75 Å². The summed E-state index contributed by atoms with van der Waals surface area (Å²) >= 11 is 0. The SMILES string of the molecule is CC(=O)Oc1ccc(/C=C/C(=O)O[C@H]2CC[C@]3(C)[C@H]4CC=C5[C@@H]6CC(C)(C)CC[C@]6(C(=O)O)CC[C@@]5(C)[C@]4(C)CC[C@H]3C2(C)C)cc1. The van der Waals surface area contributed by atoms with Crippen molar-refractivity contribution in [2.45, 2.75) is 126 Å². The molecule has 8 atom stereocenters. The van der Waals surface area contributed by atoms with Gasteiger partial charge in [0.05, 0.1) is 5.41 Å². The highest BCUT2D eigenvalue weighted by molar-refractivity contribution is 5.87. The zero-order valence-electron chi connectivity index (χ0n) is 29.9. The van der Waals surface area contributed by atoms with E-state index in [4.69, 9.17) is 9.47 Å². The third kappa shape index (κ3) is 5.31. The quantitative estimate of drug-likeness (QED) is 0.149. The summed E-state index contributed by atoms with van der Waals surface area (Å²) < 4.78 is 11.3. The number of benzene rings is 1. The van der Waals surface area contributed by atoms with Crippen molar-refractivity contribution in [3.63, 3.8) is 0 Å². The van der Waals surface area contributed by atoms with Gasteiger partial charge in [-0.1, -0.05) is 72.2 Å². The van der Waals surface area contributed by atoms with Crippen LogP contribution in [0.15, 0.2) is 42.0 Å². The molecular weight excluding hydrogens is 588 g/mol. The number of carboxylic acid groups (broad SMARTS) is 1. The van der Waals surface area contributed by atoms with Crippen molar-refractivity contribution in [3.8, 4) is 5.75 Å². The summed E-state index contributed by atoms with van der Waals surface area (Å²) in [5.74, 6) is 0.250. The van der Waals surface area contributed by atoms with Gasteiger partial charge in [0.25, 0.3) is 0 Å². The van der Waals surface area contributed by atoms with E-state index < -0.39 is 11.4 Å². The number of carbonyl (C=O) groups excluding carboxylic acids is 2. The van der Waals surface area contributed by atoms with Gasteiger partial charge >= 0.3 is 17.9 Å². The van der Waals surface area contributed by atoms with Crippen molar-refractivity contribution >= 4 is 24.0 Å². The Morgan fingerprint density at radius 1 is 0.851 bits per heavy atom. The number of hydrogen-bond acceptors (Lipinski definition) is 5. The van der Waals surface area contributed by atoms with Gasteiger partial charge in [-0.3, -0.25) is 9.59 Å². The van der Waals surface area contributed by atoms with Crippen LogP contribution in [0.2, 0.25) is 0 Å². The van der Waals surface area contributed by atoms with Gasteiger partial charge in [-0.2, -0.15) is 0 Å². The van der Waals surface area contributed by atoms with Gasteiger partial charge in [-0.05, 0) is 127 Å². The fourth-order valence-corrected chi connectivity index (χ4v) is 12.0. The van der Waals surface area contributed by atoms with E-state index in [0.717, 1.165) is 69.8 Å². The Hall–Kier alpha value is -2.89. The minimum atomic E-state index is -0.614. The highest BCUT2D eigenvalue weighted by atomic mass is 16.5. The van der Waals surface area contributed by atoms with Crippen molar-refractivity contribution < 1.29 is 29.0 Å². The van der Waals surface area contributed by atoms with E-state index >= 15 is 0 Å². The summed E-state index contributed by atoms with van der Waals surface area (Å²) in [4.78, 5) is 37.3. The van der Waals surface area contributed by atoms with Crippen molar-refractivity contribution in [3.05, 3.63) is 47.6 Å². The Labute approximate surface area is 281 Å². The molecule has 1 aromatic carbocycles. The number of ether oxygens (including phenoxy) is 2. The van der Waals surface area contributed by atoms with E-state index in [1.54, 1.807) is 18.2 Å². The smallest absolute Gasteiger partial charge is 0.331 e. The zero-order valence-corrected chi connectivity index (χ0v) is 29.9. The van der Waals surface area contributed by atoms with Gasteiger partial charge in [-0.25, -0.2) is 4.79 Å². The molecule has 256 valence electrons. The van der Waals surface area contributed by atoms with Gasteiger partial charge in [0.2, 0.25) is 0 Å². The zero-order chi connectivity index (χ0) is 34.2. The number of rotatable bonds is 5. The maximum absolute atomic E-state index is 13.1. The number of aliphatic carboxylic acids is 1. The minimum absolute atomic E-state index is 0.00438. The van der Waals surface area contributed by atoms with Gasteiger partial charge in [0.1, 0.15) is 11.9 Å². The lowest BCUT2D eigenvalue weighted by atomic mass is 9.33. The third-order valence-corrected chi connectivity index (χ3v) is 14.8. The monoisotopic (exact) mass is 644 g/mol. The molecule has 4 fully saturated rings. The number of esters is 2. The minimum Gasteiger partial charge on any atom is -0.481 e. The van der Waals surface area contributed by atoms with E-state index in [2.05, 4.69) is 54.5 Å². The molecule has 1 N–H and O–H groups in total. The molecule has 0 radical (unpaired) electrons. The number of allylic oxidation sites excluding steroid dienone is 2. The van der Waals surface area contributed by atoms with Crippen LogP contribution in [0.1, 0.15) is 125 Å². The highest BCUT2D eigenvalue weighted by Crippen LogP contribution is 2.75. The molecular formula is C41H56O6. The summed E-state index contributed by atoms with van der Waals surface area (Å²) in [7, 11) is 0. The van der Waals surface area contributed by atoms with E-state index in [-0.39, 0.29) is 51.0 Å². The molecule has 0 aliphatic heterocycles. The van der Waals surface area contributed by atoms with Crippen LogP contribution in [-0.4, -0.2) is 29.1 Å². The lowest BCUT2D eigenvalue weighted by Crippen LogP contribution is -2.65. The Morgan fingerprint density at radius 2 is 1.53 bits per heavy atom. The number of carbonyl (C=O) groups is 3. The standard InChI is InChI=1S/C41H56O6/c1-26(42)46-28-12-9-27(10-13-28)11-16-34(43)47-33-18-19-38(6)31(37(33,4)5)17-20-40(8)32(38)15-14-29-30-25-36(2,3)21-23-41(30,35(44)45)24-22-39(29,40)7/h9-14,16,30-33H,15,17-25H2,1-8H3,(H,44,45)/b16-11+/t30-,31-,32+,33-,38-,39+,40+,41-/m0/s1. The molecule has 5 aliphatic rings. The largest absolute Gasteiger partial charge is 0.481 e.